The average Bonchev–Trinajstić information content (AvgIpc) is 2.76. The smallest absolute Gasteiger partial charge is 0.139 e. The zero-order chi connectivity index (χ0) is 22.2. The monoisotopic (exact) mass is 430 g/mol. The maximum Gasteiger partial charge on any atom is 0.139 e. The Bertz CT molecular complexity index is 634. The molecule has 176 valence electrons. The van der Waals surface area contributed by atoms with E-state index >= 15 is 0 Å². The first-order chi connectivity index (χ1) is 14.8. The van der Waals surface area contributed by atoms with Gasteiger partial charge in [0.1, 0.15) is 11.6 Å². The highest BCUT2D eigenvalue weighted by atomic mass is 16.1. The van der Waals surface area contributed by atoms with Gasteiger partial charge in [-0.3, -0.25) is 14.5 Å². The van der Waals surface area contributed by atoms with E-state index in [1.165, 1.54) is 64.6 Å². The molecule has 2 heterocycles. The lowest BCUT2D eigenvalue weighted by Gasteiger charge is -2.56. The van der Waals surface area contributed by atoms with Gasteiger partial charge in [0.2, 0.25) is 0 Å². The number of carbonyl (C=O) groups is 2. The van der Waals surface area contributed by atoms with Crippen molar-refractivity contribution < 1.29 is 9.59 Å². The summed E-state index contributed by atoms with van der Waals surface area (Å²) in [5.41, 5.74) is 0.562. The van der Waals surface area contributed by atoms with Gasteiger partial charge < -0.3 is 4.90 Å². The second-order valence-corrected chi connectivity index (χ2v) is 12.1. The Morgan fingerprint density at radius 3 is 1.87 bits per heavy atom. The second-order valence-electron chi connectivity index (χ2n) is 12.1. The highest BCUT2D eigenvalue weighted by molar-refractivity contribution is 5.83. The number of hydrogen-bond acceptors (Lipinski definition) is 4. The van der Waals surface area contributed by atoms with Gasteiger partial charge in [0.15, 0.2) is 0 Å². The van der Waals surface area contributed by atoms with Gasteiger partial charge in [-0.1, -0.05) is 27.7 Å². The van der Waals surface area contributed by atoms with Crippen LogP contribution in [0.15, 0.2) is 0 Å². The molecule has 2 aliphatic heterocycles. The first-order valence-electron chi connectivity index (χ1n) is 13.3. The molecule has 0 radical (unpaired) electrons. The molecule has 0 amide bonds. The minimum Gasteiger partial charge on any atom is -0.300 e. The molecule has 2 saturated heterocycles. The number of nitrogens with zero attached hydrogens (tertiary/aromatic N) is 2. The van der Waals surface area contributed by atoms with Gasteiger partial charge in [-0.05, 0) is 89.3 Å². The molecule has 2 aliphatic carbocycles. The first kappa shape index (κ1) is 23.4. The third kappa shape index (κ3) is 5.11. The molecule has 4 heteroatoms. The highest BCUT2D eigenvalue weighted by Crippen LogP contribution is 2.54. The molecular weight excluding hydrogens is 384 g/mol. The lowest BCUT2D eigenvalue weighted by Crippen LogP contribution is -2.56. The Hall–Kier alpha value is -0.740. The summed E-state index contributed by atoms with van der Waals surface area (Å²) in [6.07, 6.45) is 12.4. The average molecular weight is 431 g/mol. The van der Waals surface area contributed by atoms with Crippen molar-refractivity contribution in [1.82, 2.24) is 9.80 Å². The van der Waals surface area contributed by atoms with E-state index in [-0.39, 0.29) is 17.8 Å². The molecule has 0 N–H and O–H groups in total. The first-order valence-corrected chi connectivity index (χ1v) is 13.3. The van der Waals surface area contributed by atoms with Crippen LogP contribution in [0.3, 0.4) is 0 Å². The Kier molecular flexibility index (Phi) is 7.28. The zero-order valence-corrected chi connectivity index (χ0v) is 20.6. The topological polar surface area (TPSA) is 40.6 Å². The van der Waals surface area contributed by atoms with Gasteiger partial charge in [0, 0.05) is 42.3 Å². The third-order valence-electron chi connectivity index (χ3n) is 9.31. The normalized spacial score (nSPS) is 36.1. The summed E-state index contributed by atoms with van der Waals surface area (Å²) in [7, 11) is 0. The predicted octanol–water partition coefficient (Wildman–Crippen LogP) is 4.95. The molecule has 0 unspecified atom stereocenters. The van der Waals surface area contributed by atoms with Gasteiger partial charge in [-0.25, -0.2) is 0 Å². The van der Waals surface area contributed by atoms with Crippen LogP contribution in [0.5, 0.6) is 0 Å². The largest absolute Gasteiger partial charge is 0.300 e. The summed E-state index contributed by atoms with van der Waals surface area (Å²) in [5, 5.41) is 0. The van der Waals surface area contributed by atoms with E-state index in [1.807, 2.05) is 0 Å². The van der Waals surface area contributed by atoms with E-state index in [0.717, 1.165) is 31.8 Å². The minimum atomic E-state index is 0.177. The van der Waals surface area contributed by atoms with Crippen LogP contribution in [0.4, 0.5) is 0 Å². The van der Waals surface area contributed by atoms with Gasteiger partial charge in [0.05, 0.1) is 0 Å². The van der Waals surface area contributed by atoms with E-state index < -0.39 is 0 Å². The maximum atomic E-state index is 12.5. The van der Waals surface area contributed by atoms with Crippen LogP contribution in [0.2, 0.25) is 0 Å². The van der Waals surface area contributed by atoms with Crippen LogP contribution in [-0.2, 0) is 9.59 Å². The van der Waals surface area contributed by atoms with Crippen LogP contribution >= 0.6 is 0 Å². The molecule has 2 saturated carbocycles. The lowest BCUT2D eigenvalue weighted by molar-refractivity contribution is -0.129. The molecule has 1 atom stereocenters. The number of ketones is 2. The Morgan fingerprint density at radius 1 is 0.710 bits per heavy atom. The van der Waals surface area contributed by atoms with Gasteiger partial charge in [-0.2, -0.15) is 0 Å². The standard InChI is InChI=1S/C27H46N2O2/c1-19(2)25(30)21-7-11-27(12-8-21)16-24(17-27)28-14-9-23(10-15-28)29-13-5-6-22(18-29)26(31)20(3)4/h19-24H,5-18H2,1-4H3/t21?,22-,24?,27?/m1/s1. The van der Waals surface area contributed by atoms with Crippen molar-refractivity contribution in [1.29, 1.82) is 0 Å². The fourth-order valence-electron chi connectivity index (χ4n) is 7.25. The number of piperidine rings is 2. The minimum absolute atomic E-state index is 0.177. The van der Waals surface area contributed by atoms with E-state index in [1.54, 1.807) is 0 Å². The fourth-order valence-corrected chi connectivity index (χ4v) is 7.25. The molecule has 4 fully saturated rings. The molecular formula is C27H46N2O2. The summed E-state index contributed by atoms with van der Waals surface area (Å²) in [4.78, 5) is 30.3. The van der Waals surface area contributed by atoms with Gasteiger partial charge in [0.25, 0.3) is 0 Å². The molecule has 0 aromatic heterocycles. The Morgan fingerprint density at radius 2 is 1.29 bits per heavy atom. The van der Waals surface area contributed by atoms with Crippen molar-refractivity contribution in [2.45, 2.75) is 104 Å². The molecule has 1 spiro atoms. The van der Waals surface area contributed by atoms with Gasteiger partial charge >= 0.3 is 0 Å². The number of likely N-dealkylation sites (tertiary alicyclic amines) is 2. The van der Waals surface area contributed by atoms with Crippen LogP contribution < -0.4 is 0 Å². The maximum absolute atomic E-state index is 12.5. The van der Waals surface area contributed by atoms with E-state index in [2.05, 4.69) is 37.5 Å². The van der Waals surface area contributed by atoms with E-state index in [9.17, 15) is 9.59 Å². The SMILES string of the molecule is CC(C)C(=O)C1CCC2(CC1)CC(N1CCC(N3CCC[C@@H](C(=O)C(C)C)C3)CC1)C2. The number of rotatable bonds is 6. The highest BCUT2D eigenvalue weighted by Gasteiger charge is 2.49. The summed E-state index contributed by atoms with van der Waals surface area (Å²) in [5.74, 6) is 1.98. The fraction of sp³-hybridized carbons (Fsp3) is 0.926. The summed E-state index contributed by atoms with van der Waals surface area (Å²) in [6.45, 7) is 12.9. The summed E-state index contributed by atoms with van der Waals surface area (Å²) >= 11 is 0. The van der Waals surface area contributed by atoms with Crippen molar-refractivity contribution in [3.05, 3.63) is 0 Å². The van der Waals surface area contributed by atoms with E-state index in [0.29, 0.717) is 28.9 Å². The summed E-state index contributed by atoms with van der Waals surface area (Å²) in [6, 6.07) is 1.47. The van der Waals surface area contributed by atoms with Crippen LogP contribution in [0.1, 0.15) is 91.9 Å². The Balaban J connectivity index is 1.20. The van der Waals surface area contributed by atoms with Crippen molar-refractivity contribution in [3.63, 3.8) is 0 Å². The molecule has 0 aromatic rings. The molecule has 4 rings (SSSR count). The van der Waals surface area contributed by atoms with Crippen molar-refractivity contribution >= 4 is 11.6 Å². The number of carbonyl (C=O) groups excluding carboxylic acids is 2. The molecule has 31 heavy (non-hydrogen) atoms. The van der Waals surface area contributed by atoms with Crippen LogP contribution in [0, 0.1) is 29.1 Å². The molecule has 0 aromatic carbocycles. The molecule has 0 bridgehead atoms. The number of hydrogen-bond donors (Lipinski definition) is 0. The number of Topliss-reactive ketones (excluding diaryl/α,β-unsaturated/α-hetero) is 2. The van der Waals surface area contributed by atoms with Gasteiger partial charge in [-0.15, -0.1) is 0 Å². The zero-order valence-electron chi connectivity index (χ0n) is 20.6. The third-order valence-corrected chi connectivity index (χ3v) is 9.31. The van der Waals surface area contributed by atoms with Crippen molar-refractivity contribution in [2.75, 3.05) is 26.2 Å². The van der Waals surface area contributed by atoms with Crippen molar-refractivity contribution in [3.8, 4) is 0 Å². The molecule has 4 nitrogen and oxygen atoms in total. The van der Waals surface area contributed by atoms with E-state index in [4.69, 9.17) is 0 Å². The summed E-state index contributed by atoms with van der Waals surface area (Å²) < 4.78 is 0. The quantitative estimate of drug-likeness (QED) is 0.598. The lowest BCUT2D eigenvalue weighted by atomic mass is 9.56. The Labute approximate surface area is 190 Å². The van der Waals surface area contributed by atoms with Crippen molar-refractivity contribution in [2.24, 2.45) is 29.1 Å². The second kappa shape index (κ2) is 9.63. The van der Waals surface area contributed by atoms with Crippen LogP contribution in [-0.4, -0.2) is 59.6 Å². The molecule has 4 aliphatic rings. The van der Waals surface area contributed by atoms with Crippen LogP contribution in [0.25, 0.3) is 0 Å². The predicted molar refractivity (Wildman–Crippen MR) is 126 cm³/mol.